The standard InChI is InChI=1S/C16H17FN6O.CH3NO2/c1-24-14-7-6-11(8-12(14)17)23-15-13(21-22-23)9-18-16(20-15)19-10-4-2-3-5-10;2-1(3)4/h6-10H,2-5H2,1H3,(H,18,19,20);2H2,(H,3,4). The van der Waals surface area contributed by atoms with E-state index in [2.05, 4.69) is 31.3 Å². The van der Waals surface area contributed by atoms with Crippen LogP contribution in [0.4, 0.5) is 15.1 Å². The highest BCUT2D eigenvalue weighted by Crippen LogP contribution is 2.23. The average molecular weight is 389 g/mol. The minimum atomic E-state index is -1.33. The van der Waals surface area contributed by atoms with Crippen LogP contribution < -0.4 is 15.8 Å². The van der Waals surface area contributed by atoms with E-state index in [0.717, 1.165) is 12.8 Å². The Bertz CT molecular complexity index is 969. The molecule has 0 atom stereocenters. The number of primary amides is 1. The highest BCUT2D eigenvalue weighted by molar-refractivity contribution is 5.72. The molecule has 1 aromatic carbocycles. The molecule has 1 amide bonds. The number of nitrogens with zero attached hydrogens (tertiary/aromatic N) is 5. The lowest BCUT2D eigenvalue weighted by Crippen LogP contribution is -2.16. The van der Waals surface area contributed by atoms with Crippen LogP contribution in [-0.4, -0.2) is 49.3 Å². The summed E-state index contributed by atoms with van der Waals surface area (Å²) >= 11 is 0. The molecule has 148 valence electrons. The number of fused-ring (bicyclic) bond motifs is 1. The quantitative estimate of drug-likeness (QED) is 0.617. The molecule has 0 aliphatic heterocycles. The third-order valence-corrected chi connectivity index (χ3v) is 4.26. The lowest BCUT2D eigenvalue weighted by atomic mass is 10.2. The van der Waals surface area contributed by atoms with Gasteiger partial charge < -0.3 is 20.9 Å². The maximum Gasteiger partial charge on any atom is 0.402 e. The van der Waals surface area contributed by atoms with Crippen molar-refractivity contribution in [2.24, 2.45) is 5.73 Å². The number of anilines is 1. The van der Waals surface area contributed by atoms with E-state index in [-0.39, 0.29) is 5.75 Å². The van der Waals surface area contributed by atoms with Crippen molar-refractivity contribution in [2.75, 3.05) is 12.4 Å². The molecule has 1 aliphatic rings. The fourth-order valence-corrected chi connectivity index (χ4v) is 3.01. The van der Waals surface area contributed by atoms with Gasteiger partial charge in [-0.25, -0.2) is 14.2 Å². The summed E-state index contributed by atoms with van der Waals surface area (Å²) in [5, 5.41) is 18.7. The summed E-state index contributed by atoms with van der Waals surface area (Å²) in [5.41, 5.74) is 5.65. The van der Waals surface area contributed by atoms with Crippen LogP contribution in [0, 0.1) is 5.82 Å². The van der Waals surface area contributed by atoms with Gasteiger partial charge in [0.25, 0.3) is 0 Å². The predicted molar refractivity (Wildman–Crippen MR) is 99.1 cm³/mol. The SMILES string of the molecule is COc1ccc(-n2nnc3cnc(NC4CCCC4)nc32)cc1F.NC(=O)O. The minimum Gasteiger partial charge on any atom is -0.494 e. The Labute approximate surface area is 159 Å². The van der Waals surface area contributed by atoms with Crippen molar-refractivity contribution in [3.63, 3.8) is 0 Å². The van der Waals surface area contributed by atoms with Crippen molar-refractivity contribution in [3.05, 3.63) is 30.2 Å². The highest BCUT2D eigenvalue weighted by Gasteiger charge is 2.17. The normalized spacial score (nSPS) is 13.8. The fourth-order valence-electron chi connectivity index (χ4n) is 3.01. The Kier molecular flexibility index (Phi) is 5.82. The van der Waals surface area contributed by atoms with E-state index in [4.69, 9.17) is 14.6 Å². The van der Waals surface area contributed by atoms with E-state index < -0.39 is 11.9 Å². The Morgan fingerprint density at radius 3 is 2.75 bits per heavy atom. The van der Waals surface area contributed by atoms with Gasteiger partial charge >= 0.3 is 6.09 Å². The number of amides is 1. The highest BCUT2D eigenvalue weighted by atomic mass is 19.1. The number of nitrogens with one attached hydrogen (secondary N) is 1. The van der Waals surface area contributed by atoms with Crippen LogP contribution in [0.1, 0.15) is 25.7 Å². The number of carbonyl (C=O) groups is 1. The maximum atomic E-state index is 14.0. The molecular weight excluding hydrogens is 369 g/mol. The van der Waals surface area contributed by atoms with Gasteiger partial charge in [0.15, 0.2) is 22.7 Å². The molecule has 1 fully saturated rings. The Morgan fingerprint density at radius 1 is 1.39 bits per heavy atom. The number of rotatable bonds is 4. The summed E-state index contributed by atoms with van der Waals surface area (Å²) in [5.74, 6) is 0.269. The lowest BCUT2D eigenvalue weighted by molar-refractivity contribution is 0.205. The number of nitrogens with two attached hydrogens (primary N) is 1. The number of hydrogen-bond donors (Lipinski definition) is 3. The summed E-state index contributed by atoms with van der Waals surface area (Å²) in [4.78, 5) is 17.6. The number of benzene rings is 1. The number of ether oxygens (including phenoxy) is 1. The minimum absolute atomic E-state index is 0.182. The lowest BCUT2D eigenvalue weighted by Gasteiger charge is -2.11. The smallest absolute Gasteiger partial charge is 0.402 e. The molecule has 0 bridgehead atoms. The molecule has 2 aromatic heterocycles. The fraction of sp³-hybridized carbons (Fsp3) is 0.353. The molecule has 1 saturated carbocycles. The van der Waals surface area contributed by atoms with Gasteiger partial charge in [-0.1, -0.05) is 18.1 Å². The third kappa shape index (κ3) is 4.42. The first-order valence-electron chi connectivity index (χ1n) is 8.65. The first-order valence-corrected chi connectivity index (χ1v) is 8.65. The molecule has 10 nitrogen and oxygen atoms in total. The molecule has 28 heavy (non-hydrogen) atoms. The van der Waals surface area contributed by atoms with Crippen molar-refractivity contribution in [1.29, 1.82) is 0 Å². The topological polar surface area (TPSA) is 141 Å². The second-order valence-electron chi connectivity index (χ2n) is 6.19. The van der Waals surface area contributed by atoms with Crippen LogP contribution in [0.5, 0.6) is 5.75 Å². The van der Waals surface area contributed by atoms with Crippen LogP contribution in [0.2, 0.25) is 0 Å². The molecule has 0 spiro atoms. The van der Waals surface area contributed by atoms with Gasteiger partial charge in [-0.05, 0) is 25.0 Å². The van der Waals surface area contributed by atoms with Crippen LogP contribution in [-0.2, 0) is 0 Å². The molecular formula is C17H20FN7O3. The first-order chi connectivity index (χ1) is 13.5. The van der Waals surface area contributed by atoms with Crippen molar-refractivity contribution >= 4 is 23.2 Å². The third-order valence-electron chi connectivity index (χ3n) is 4.26. The Hall–Kier alpha value is -3.50. The predicted octanol–water partition coefficient (Wildman–Crippen LogP) is 2.34. The number of methoxy groups -OCH3 is 1. The first kappa shape index (κ1) is 19.3. The Balaban J connectivity index is 0.000000516. The zero-order valence-corrected chi connectivity index (χ0v) is 15.2. The van der Waals surface area contributed by atoms with Gasteiger partial charge in [0.2, 0.25) is 5.95 Å². The zero-order chi connectivity index (χ0) is 20.1. The van der Waals surface area contributed by atoms with Crippen LogP contribution in [0.15, 0.2) is 24.4 Å². The van der Waals surface area contributed by atoms with Crippen molar-refractivity contribution in [2.45, 2.75) is 31.7 Å². The van der Waals surface area contributed by atoms with Crippen molar-refractivity contribution in [3.8, 4) is 11.4 Å². The van der Waals surface area contributed by atoms with E-state index in [1.807, 2.05) is 0 Å². The van der Waals surface area contributed by atoms with Crippen molar-refractivity contribution < 1.29 is 19.0 Å². The molecule has 4 N–H and O–H groups in total. The number of aromatic nitrogens is 5. The Morgan fingerprint density at radius 2 is 2.11 bits per heavy atom. The molecule has 2 heterocycles. The summed E-state index contributed by atoms with van der Waals surface area (Å²) in [6.45, 7) is 0. The average Bonchev–Trinajstić information content (AvgIpc) is 3.30. The molecule has 0 unspecified atom stereocenters. The van der Waals surface area contributed by atoms with E-state index >= 15 is 0 Å². The van der Waals surface area contributed by atoms with E-state index in [1.54, 1.807) is 18.3 Å². The molecule has 3 aromatic rings. The maximum absolute atomic E-state index is 14.0. The van der Waals surface area contributed by atoms with E-state index in [1.165, 1.54) is 30.7 Å². The summed E-state index contributed by atoms with van der Waals surface area (Å²) in [6, 6.07) is 5.02. The molecule has 0 radical (unpaired) electrons. The number of carboxylic acid groups (broad SMARTS) is 1. The van der Waals surface area contributed by atoms with Gasteiger partial charge in [-0.15, -0.1) is 5.10 Å². The van der Waals surface area contributed by atoms with Gasteiger partial charge in [-0.2, -0.15) is 9.67 Å². The monoisotopic (exact) mass is 389 g/mol. The van der Waals surface area contributed by atoms with Crippen molar-refractivity contribution in [1.82, 2.24) is 25.0 Å². The molecule has 11 heteroatoms. The summed E-state index contributed by atoms with van der Waals surface area (Å²) in [7, 11) is 1.43. The second kappa shape index (κ2) is 8.46. The van der Waals surface area contributed by atoms with Crippen LogP contribution in [0.3, 0.4) is 0 Å². The van der Waals surface area contributed by atoms with Crippen LogP contribution in [0.25, 0.3) is 16.9 Å². The van der Waals surface area contributed by atoms with Crippen LogP contribution >= 0.6 is 0 Å². The summed E-state index contributed by atoms with van der Waals surface area (Å²) in [6.07, 6.45) is 5.00. The van der Waals surface area contributed by atoms with Gasteiger partial charge in [0, 0.05) is 12.1 Å². The van der Waals surface area contributed by atoms with Gasteiger partial charge in [0.1, 0.15) is 0 Å². The molecule has 4 rings (SSSR count). The molecule has 1 aliphatic carbocycles. The number of halogens is 1. The zero-order valence-electron chi connectivity index (χ0n) is 15.2. The number of hydrogen-bond acceptors (Lipinski definition) is 7. The summed E-state index contributed by atoms with van der Waals surface area (Å²) < 4.78 is 20.4. The van der Waals surface area contributed by atoms with E-state index in [0.29, 0.717) is 28.8 Å². The second-order valence-corrected chi connectivity index (χ2v) is 6.19. The van der Waals surface area contributed by atoms with E-state index in [9.17, 15) is 4.39 Å². The van der Waals surface area contributed by atoms with Gasteiger partial charge in [0.05, 0.1) is 19.0 Å². The van der Waals surface area contributed by atoms with Gasteiger partial charge in [-0.3, -0.25) is 0 Å². The largest absolute Gasteiger partial charge is 0.494 e. The molecule has 0 saturated heterocycles.